The van der Waals surface area contributed by atoms with Crippen LogP contribution >= 0.6 is 0 Å². The van der Waals surface area contributed by atoms with Gasteiger partial charge in [0.2, 0.25) is 5.91 Å². The van der Waals surface area contributed by atoms with Gasteiger partial charge in [0.25, 0.3) is 5.91 Å². The van der Waals surface area contributed by atoms with Gasteiger partial charge < -0.3 is 10.2 Å². The predicted molar refractivity (Wildman–Crippen MR) is 107 cm³/mol. The van der Waals surface area contributed by atoms with Gasteiger partial charge in [-0.05, 0) is 47.9 Å². The van der Waals surface area contributed by atoms with E-state index in [0.717, 1.165) is 17.7 Å². The lowest BCUT2D eigenvalue weighted by molar-refractivity contribution is -0.115. The van der Waals surface area contributed by atoms with E-state index in [4.69, 9.17) is 0 Å². The Labute approximate surface area is 158 Å². The van der Waals surface area contributed by atoms with Crippen LogP contribution in [-0.2, 0) is 17.6 Å². The largest absolute Gasteiger partial charge is 0.326 e. The van der Waals surface area contributed by atoms with Crippen LogP contribution in [0, 0.1) is 0 Å². The molecule has 4 heteroatoms. The third kappa shape index (κ3) is 3.75. The van der Waals surface area contributed by atoms with E-state index in [1.54, 1.807) is 24.3 Å². The Balaban J connectivity index is 1.42. The number of para-hydroxylation sites is 1. The highest BCUT2D eigenvalue weighted by Crippen LogP contribution is 2.29. The van der Waals surface area contributed by atoms with E-state index < -0.39 is 0 Å². The maximum absolute atomic E-state index is 12.8. The van der Waals surface area contributed by atoms with Crippen LogP contribution in [0.4, 0.5) is 11.4 Å². The predicted octanol–water partition coefficient (Wildman–Crippen LogP) is 4.07. The number of nitrogens with zero attached hydrogens (tertiary/aromatic N) is 1. The molecular weight excluding hydrogens is 336 g/mol. The smallest absolute Gasteiger partial charge is 0.258 e. The van der Waals surface area contributed by atoms with Gasteiger partial charge in [-0.2, -0.15) is 0 Å². The monoisotopic (exact) mass is 356 g/mol. The summed E-state index contributed by atoms with van der Waals surface area (Å²) in [6.07, 6.45) is 1.21. The molecule has 0 fully saturated rings. The Hall–Kier alpha value is -3.40. The van der Waals surface area contributed by atoms with Crippen LogP contribution < -0.4 is 10.2 Å². The van der Waals surface area contributed by atoms with Crippen LogP contribution in [0.3, 0.4) is 0 Å². The summed E-state index contributed by atoms with van der Waals surface area (Å²) in [5.41, 5.74) is 4.47. The van der Waals surface area contributed by atoms with Crippen LogP contribution in [0.25, 0.3) is 0 Å². The van der Waals surface area contributed by atoms with Gasteiger partial charge in [-0.15, -0.1) is 0 Å². The van der Waals surface area contributed by atoms with E-state index in [2.05, 4.69) is 11.4 Å². The molecule has 0 atom stereocenters. The SMILES string of the molecule is O=C(Cc1ccccc1)Nc1ccc(C(=O)N2CCc3ccccc32)cc1. The van der Waals surface area contributed by atoms with Gasteiger partial charge in [0.15, 0.2) is 0 Å². The molecule has 0 bridgehead atoms. The van der Waals surface area contributed by atoms with Crippen LogP contribution in [0.1, 0.15) is 21.5 Å². The van der Waals surface area contributed by atoms with Crippen molar-refractivity contribution in [3.63, 3.8) is 0 Å². The number of hydrogen-bond donors (Lipinski definition) is 1. The first-order chi connectivity index (χ1) is 13.2. The minimum Gasteiger partial charge on any atom is -0.326 e. The lowest BCUT2D eigenvalue weighted by atomic mass is 10.1. The van der Waals surface area contributed by atoms with Crippen molar-refractivity contribution in [2.45, 2.75) is 12.8 Å². The molecule has 1 N–H and O–H groups in total. The van der Waals surface area contributed by atoms with E-state index in [-0.39, 0.29) is 11.8 Å². The average Bonchev–Trinajstić information content (AvgIpc) is 3.13. The van der Waals surface area contributed by atoms with E-state index in [1.807, 2.05) is 53.4 Å². The Bertz CT molecular complexity index is 965. The van der Waals surface area contributed by atoms with Gasteiger partial charge in [0, 0.05) is 23.5 Å². The summed E-state index contributed by atoms with van der Waals surface area (Å²) in [7, 11) is 0. The molecule has 0 saturated carbocycles. The standard InChI is InChI=1S/C23H20N2O2/c26-22(16-17-6-2-1-3-7-17)24-20-12-10-19(11-13-20)23(27)25-15-14-18-8-4-5-9-21(18)25/h1-13H,14-16H2,(H,24,26). The fraction of sp³-hybridized carbons (Fsp3) is 0.130. The Morgan fingerprint density at radius 2 is 1.56 bits per heavy atom. The fourth-order valence-electron chi connectivity index (χ4n) is 3.39. The molecule has 4 rings (SSSR count). The molecule has 27 heavy (non-hydrogen) atoms. The van der Waals surface area contributed by atoms with Gasteiger partial charge in [0.05, 0.1) is 6.42 Å². The van der Waals surface area contributed by atoms with Gasteiger partial charge in [-0.25, -0.2) is 0 Å². The third-order valence-corrected chi connectivity index (χ3v) is 4.76. The van der Waals surface area contributed by atoms with Crippen molar-refractivity contribution in [3.8, 4) is 0 Å². The number of carbonyl (C=O) groups is 2. The summed E-state index contributed by atoms with van der Waals surface area (Å²) in [6, 6.07) is 24.7. The zero-order valence-corrected chi connectivity index (χ0v) is 14.9. The van der Waals surface area contributed by atoms with Gasteiger partial charge >= 0.3 is 0 Å². The van der Waals surface area contributed by atoms with E-state index in [1.165, 1.54) is 5.56 Å². The average molecular weight is 356 g/mol. The van der Waals surface area contributed by atoms with Crippen molar-refractivity contribution in [3.05, 3.63) is 95.6 Å². The number of fused-ring (bicyclic) bond motifs is 1. The molecule has 1 heterocycles. The molecular formula is C23H20N2O2. The second-order valence-corrected chi connectivity index (χ2v) is 6.62. The number of amides is 2. The molecule has 3 aromatic rings. The zero-order chi connectivity index (χ0) is 18.6. The van der Waals surface area contributed by atoms with E-state index in [9.17, 15) is 9.59 Å². The first-order valence-electron chi connectivity index (χ1n) is 9.04. The first kappa shape index (κ1) is 17.0. The highest BCUT2D eigenvalue weighted by Gasteiger charge is 2.24. The Morgan fingerprint density at radius 3 is 2.33 bits per heavy atom. The molecule has 1 aliphatic rings. The lowest BCUT2D eigenvalue weighted by Gasteiger charge is -2.17. The number of anilines is 2. The highest BCUT2D eigenvalue weighted by molar-refractivity contribution is 6.07. The van der Waals surface area contributed by atoms with Crippen molar-refractivity contribution >= 4 is 23.2 Å². The summed E-state index contributed by atoms with van der Waals surface area (Å²) in [6.45, 7) is 0.702. The molecule has 0 unspecified atom stereocenters. The quantitative estimate of drug-likeness (QED) is 0.766. The Morgan fingerprint density at radius 1 is 0.852 bits per heavy atom. The van der Waals surface area contributed by atoms with Gasteiger partial charge in [0.1, 0.15) is 0 Å². The summed E-state index contributed by atoms with van der Waals surface area (Å²) in [4.78, 5) is 26.8. The van der Waals surface area contributed by atoms with Gasteiger partial charge in [-0.1, -0.05) is 48.5 Å². The molecule has 0 aliphatic carbocycles. The molecule has 3 aromatic carbocycles. The van der Waals surface area contributed by atoms with Crippen LogP contribution in [0.2, 0.25) is 0 Å². The fourth-order valence-corrected chi connectivity index (χ4v) is 3.39. The molecule has 2 amide bonds. The van der Waals surface area contributed by atoms with Crippen molar-refractivity contribution in [1.29, 1.82) is 0 Å². The maximum atomic E-state index is 12.8. The molecule has 4 nitrogen and oxygen atoms in total. The molecule has 0 spiro atoms. The van der Waals surface area contributed by atoms with Crippen molar-refractivity contribution in [2.24, 2.45) is 0 Å². The minimum atomic E-state index is -0.0752. The van der Waals surface area contributed by atoms with E-state index >= 15 is 0 Å². The first-order valence-corrected chi connectivity index (χ1v) is 9.04. The number of carbonyl (C=O) groups excluding carboxylic acids is 2. The van der Waals surface area contributed by atoms with Crippen LogP contribution in [-0.4, -0.2) is 18.4 Å². The summed E-state index contributed by atoms with van der Waals surface area (Å²) >= 11 is 0. The number of hydrogen-bond acceptors (Lipinski definition) is 2. The summed E-state index contributed by atoms with van der Waals surface area (Å²) in [5, 5.41) is 2.88. The second-order valence-electron chi connectivity index (χ2n) is 6.62. The van der Waals surface area contributed by atoms with Crippen molar-refractivity contribution in [2.75, 3.05) is 16.8 Å². The summed E-state index contributed by atoms with van der Waals surface area (Å²) in [5.74, 6) is -0.0872. The van der Waals surface area contributed by atoms with Crippen molar-refractivity contribution in [1.82, 2.24) is 0 Å². The normalized spacial score (nSPS) is 12.5. The van der Waals surface area contributed by atoms with Crippen LogP contribution in [0.5, 0.6) is 0 Å². The lowest BCUT2D eigenvalue weighted by Crippen LogP contribution is -2.28. The van der Waals surface area contributed by atoms with Gasteiger partial charge in [-0.3, -0.25) is 9.59 Å². The molecule has 0 aromatic heterocycles. The number of rotatable bonds is 4. The molecule has 0 radical (unpaired) electrons. The maximum Gasteiger partial charge on any atom is 0.258 e. The molecule has 0 saturated heterocycles. The topological polar surface area (TPSA) is 49.4 Å². The molecule has 1 aliphatic heterocycles. The highest BCUT2D eigenvalue weighted by atomic mass is 16.2. The van der Waals surface area contributed by atoms with E-state index in [0.29, 0.717) is 24.2 Å². The van der Waals surface area contributed by atoms with Crippen molar-refractivity contribution < 1.29 is 9.59 Å². The van der Waals surface area contributed by atoms with Crippen LogP contribution in [0.15, 0.2) is 78.9 Å². The minimum absolute atomic E-state index is 0.0119. The molecule has 134 valence electrons. The zero-order valence-electron chi connectivity index (χ0n) is 14.9. The number of nitrogens with one attached hydrogen (secondary N) is 1. The number of benzene rings is 3. The third-order valence-electron chi connectivity index (χ3n) is 4.76. The Kier molecular flexibility index (Phi) is 4.71. The summed E-state index contributed by atoms with van der Waals surface area (Å²) < 4.78 is 0. The second kappa shape index (κ2) is 7.46.